The number of thiazole rings is 1. The Kier molecular flexibility index (Phi) is 8.27. The third kappa shape index (κ3) is 6.17. The minimum Gasteiger partial charge on any atom is -0.297 e. The molecule has 3 aromatic rings. The van der Waals surface area contributed by atoms with E-state index in [0.717, 1.165) is 58.8 Å². The molecule has 0 aliphatic heterocycles. The van der Waals surface area contributed by atoms with Crippen LogP contribution in [-0.4, -0.2) is 25.3 Å². The van der Waals surface area contributed by atoms with Gasteiger partial charge in [-0.2, -0.15) is 0 Å². The van der Waals surface area contributed by atoms with Gasteiger partial charge in [-0.1, -0.05) is 57.4 Å². The van der Waals surface area contributed by atoms with Crippen molar-refractivity contribution in [2.24, 2.45) is 0 Å². The van der Waals surface area contributed by atoms with Crippen LogP contribution in [0.5, 0.6) is 0 Å². The molecular formula is C25H33N3OS2. The topological polar surface area (TPSA) is 54.9 Å². The molecule has 31 heavy (non-hydrogen) atoms. The van der Waals surface area contributed by atoms with Crippen molar-refractivity contribution in [1.29, 1.82) is 0 Å². The van der Waals surface area contributed by atoms with Crippen molar-refractivity contribution in [2.45, 2.75) is 59.8 Å². The third-order valence-corrected chi connectivity index (χ3v) is 8.51. The van der Waals surface area contributed by atoms with Crippen LogP contribution in [0.25, 0.3) is 21.7 Å². The highest BCUT2D eigenvalue weighted by Gasteiger charge is 2.16. The van der Waals surface area contributed by atoms with Crippen LogP contribution in [0.1, 0.15) is 57.0 Å². The zero-order valence-corrected chi connectivity index (χ0v) is 20.6. The molecule has 4 nitrogen and oxygen atoms in total. The molecule has 3 rings (SSSR count). The molecule has 1 unspecified atom stereocenters. The highest BCUT2D eigenvalue weighted by atomic mass is 32.2. The van der Waals surface area contributed by atoms with Crippen LogP contribution in [0.3, 0.4) is 0 Å². The Hall–Kier alpha value is -2.18. The summed E-state index contributed by atoms with van der Waals surface area (Å²) in [6.07, 6.45) is 6.46. The number of pyridine rings is 1. The van der Waals surface area contributed by atoms with Gasteiger partial charge in [0.15, 0.2) is 0 Å². The summed E-state index contributed by atoms with van der Waals surface area (Å²) in [4.78, 5) is 10.5. The smallest absolute Gasteiger partial charge is 0.137 e. The molecular weight excluding hydrogens is 422 g/mol. The van der Waals surface area contributed by atoms with Gasteiger partial charge in [0.1, 0.15) is 5.82 Å². The number of hydrogen-bond donors (Lipinski definition) is 1. The summed E-state index contributed by atoms with van der Waals surface area (Å²) in [5.74, 6) is 1.30. The van der Waals surface area contributed by atoms with Crippen molar-refractivity contribution in [2.75, 3.05) is 10.5 Å². The molecule has 0 saturated heterocycles. The lowest BCUT2D eigenvalue weighted by atomic mass is 10.1. The predicted molar refractivity (Wildman–Crippen MR) is 137 cm³/mol. The van der Waals surface area contributed by atoms with E-state index < -0.39 is 9.71 Å². The number of nitrogens with zero attached hydrogens (tertiary/aromatic N) is 2. The summed E-state index contributed by atoms with van der Waals surface area (Å²) >= 11 is 1.72. The largest absolute Gasteiger partial charge is 0.297 e. The fraction of sp³-hybridized carbons (Fsp3) is 0.400. The fourth-order valence-corrected chi connectivity index (χ4v) is 6.52. The molecule has 0 radical (unpaired) electrons. The number of rotatable bonds is 10. The molecule has 0 aliphatic carbocycles. The first kappa shape index (κ1) is 23.5. The summed E-state index contributed by atoms with van der Waals surface area (Å²) < 4.78 is 16.7. The van der Waals surface area contributed by atoms with Crippen molar-refractivity contribution >= 4 is 32.2 Å². The van der Waals surface area contributed by atoms with E-state index in [4.69, 9.17) is 4.98 Å². The Morgan fingerprint density at radius 1 is 1.10 bits per heavy atom. The van der Waals surface area contributed by atoms with Gasteiger partial charge >= 0.3 is 0 Å². The van der Waals surface area contributed by atoms with Gasteiger partial charge in [-0.15, -0.1) is 11.3 Å². The van der Waals surface area contributed by atoms with E-state index in [2.05, 4.69) is 61.7 Å². The predicted octanol–water partition coefficient (Wildman–Crippen LogP) is 6.76. The molecule has 0 spiro atoms. The number of benzene rings is 1. The second-order valence-electron chi connectivity index (χ2n) is 7.78. The maximum atomic E-state index is 13.5. The van der Waals surface area contributed by atoms with Gasteiger partial charge in [-0.25, -0.2) is 14.2 Å². The molecule has 1 atom stereocenters. The van der Waals surface area contributed by atoms with Crippen molar-refractivity contribution in [1.82, 2.24) is 9.97 Å². The lowest BCUT2D eigenvalue weighted by Crippen LogP contribution is -2.20. The Bertz CT molecular complexity index is 1130. The second kappa shape index (κ2) is 10.9. The highest BCUT2D eigenvalue weighted by molar-refractivity contribution is 8.02. The van der Waals surface area contributed by atoms with Crippen LogP contribution in [0.4, 0.5) is 5.82 Å². The fourth-order valence-electron chi connectivity index (χ4n) is 3.35. The number of unbranched alkanes of at least 4 members (excludes halogenated alkanes) is 2. The molecule has 6 heteroatoms. The van der Waals surface area contributed by atoms with Crippen molar-refractivity contribution < 1.29 is 4.21 Å². The van der Waals surface area contributed by atoms with E-state index in [1.54, 1.807) is 17.5 Å². The average Bonchev–Trinajstić information content (AvgIpc) is 3.21. The van der Waals surface area contributed by atoms with E-state index in [1.807, 2.05) is 17.5 Å². The van der Waals surface area contributed by atoms with Gasteiger partial charge in [0, 0.05) is 27.2 Å². The van der Waals surface area contributed by atoms with Crippen LogP contribution in [-0.2, 0) is 16.1 Å². The summed E-state index contributed by atoms with van der Waals surface area (Å²) in [6, 6.07) is 12.5. The summed E-state index contributed by atoms with van der Waals surface area (Å²) in [6.45, 7) is 8.47. The lowest BCUT2D eigenvalue weighted by molar-refractivity contribution is 0.680. The number of aromatic nitrogens is 2. The summed E-state index contributed by atoms with van der Waals surface area (Å²) in [7, 11) is -2.28. The normalized spacial score (nSPS) is 13.0. The van der Waals surface area contributed by atoms with Gasteiger partial charge in [0.05, 0.1) is 15.6 Å². The summed E-state index contributed by atoms with van der Waals surface area (Å²) in [5, 5.41) is 3.07. The van der Waals surface area contributed by atoms with Gasteiger partial charge in [-0.3, -0.25) is 4.72 Å². The van der Waals surface area contributed by atoms with Crippen molar-refractivity contribution in [3.8, 4) is 21.7 Å². The lowest BCUT2D eigenvalue weighted by Gasteiger charge is -2.14. The zero-order chi connectivity index (χ0) is 22.3. The van der Waals surface area contributed by atoms with E-state index in [-0.39, 0.29) is 0 Å². The Labute approximate surface area is 191 Å². The molecule has 0 fully saturated rings. The Balaban J connectivity index is 2.00. The van der Waals surface area contributed by atoms with E-state index >= 15 is 0 Å². The van der Waals surface area contributed by atoms with Crippen LogP contribution in [0.15, 0.2) is 42.6 Å². The average molecular weight is 456 g/mol. The Morgan fingerprint density at radius 2 is 1.94 bits per heavy atom. The third-order valence-electron chi connectivity index (χ3n) is 5.04. The maximum Gasteiger partial charge on any atom is 0.137 e. The minimum absolute atomic E-state index is 0.643. The quantitative estimate of drug-likeness (QED) is 0.344. The number of hydrogen-bond acceptors (Lipinski definition) is 4. The van der Waals surface area contributed by atoms with Gasteiger partial charge in [-0.05, 0) is 55.3 Å². The number of anilines is 1. The van der Waals surface area contributed by atoms with E-state index in [9.17, 15) is 4.21 Å². The Morgan fingerprint density at radius 3 is 2.65 bits per heavy atom. The van der Waals surface area contributed by atoms with Crippen molar-refractivity contribution in [3.63, 3.8) is 0 Å². The summed E-state index contributed by atoms with van der Waals surface area (Å²) in [5.41, 5.74) is 4.40. The minimum atomic E-state index is -2.28. The monoisotopic (exact) mass is 455 g/mol. The van der Waals surface area contributed by atoms with E-state index in [0.29, 0.717) is 11.6 Å². The van der Waals surface area contributed by atoms with E-state index in [1.165, 1.54) is 5.56 Å². The van der Waals surface area contributed by atoms with Gasteiger partial charge < -0.3 is 0 Å². The van der Waals surface area contributed by atoms with Crippen LogP contribution in [0.2, 0.25) is 0 Å². The molecule has 1 aromatic carbocycles. The first-order chi connectivity index (χ1) is 15.0. The number of aryl methyl sites for hydroxylation is 2. The standard InChI is InChI=1S/C25H33N3OS2/c1-5-8-15-31(29,16-9-6-2)28-22-18-21(13-14-26-22)25-24(27-23(7-3)30-25)20-12-10-11-19(4)17-20/h10-15,17-18H,5-9,16H2,1-4H3,(H,26,28,29). The molecule has 166 valence electrons. The molecule has 2 aromatic heterocycles. The zero-order valence-electron chi connectivity index (χ0n) is 19.0. The van der Waals surface area contributed by atoms with Crippen LogP contribution >= 0.6 is 11.3 Å². The number of nitrogens with one attached hydrogen (secondary N) is 1. The van der Waals surface area contributed by atoms with Gasteiger partial charge in [0.25, 0.3) is 0 Å². The molecule has 1 N–H and O–H groups in total. The second-order valence-corrected chi connectivity index (χ2v) is 11.3. The molecule has 2 heterocycles. The van der Waals surface area contributed by atoms with Crippen LogP contribution < -0.4 is 4.72 Å². The first-order valence-electron chi connectivity index (χ1n) is 11.1. The highest BCUT2D eigenvalue weighted by Crippen LogP contribution is 2.38. The molecule has 0 amide bonds. The maximum absolute atomic E-state index is 13.5. The first-order valence-corrected chi connectivity index (χ1v) is 13.7. The molecule has 0 bridgehead atoms. The van der Waals surface area contributed by atoms with Crippen molar-refractivity contribution in [3.05, 3.63) is 53.2 Å². The van der Waals surface area contributed by atoms with Gasteiger partial charge in [0.2, 0.25) is 0 Å². The molecule has 0 aliphatic rings. The van der Waals surface area contributed by atoms with Crippen LogP contribution in [0, 0.1) is 6.92 Å². The molecule has 0 saturated carbocycles. The SMILES string of the molecule is CCCC=S(=O)(CCCC)Nc1cc(-c2sc(CC)nc2-c2cccc(C)c2)ccn1.